The van der Waals surface area contributed by atoms with Gasteiger partial charge >= 0.3 is 0 Å². The summed E-state index contributed by atoms with van der Waals surface area (Å²) in [5.74, 6) is 1.15. The number of nitrogens with zero attached hydrogens (tertiary/aromatic N) is 3. The Morgan fingerprint density at radius 3 is 2.82 bits per heavy atom. The van der Waals surface area contributed by atoms with Crippen LogP contribution in [0.3, 0.4) is 0 Å². The lowest BCUT2D eigenvalue weighted by molar-refractivity contribution is -0.125. The summed E-state index contributed by atoms with van der Waals surface area (Å²) in [6.07, 6.45) is 0.978. The fourth-order valence-electron chi connectivity index (χ4n) is 2.15. The summed E-state index contributed by atoms with van der Waals surface area (Å²) in [6, 6.07) is 1.50. The normalized spacial score (nSPS) is 17.0. The molecule has 120 valence electrons. The average Bonchev–Trinajstić information content (AvgIpc) is 2.89. The van der Waals surface area contributed by atoms with Crippen LogP contribution in [-0.2, 0) is 9.59 Å². The highest BCUT2D eigenvalue weighted by Crippen LogP contribution is 2.11. The van der Waals surface area contributed by atoms with Crippen LogP contribution in [0.15, 0.2) is 6.07 Å². The highest BCUT2D eigenvalue weighted by molar-refractivity contribution is 5.90. The Hall–Kier alpha value is -2.38. The highest BCUT2D eigenvalue weighted by atomic mass is 16.2. The predicted molar refractivity (Wildman–Crippen MR) is 83.8 cm³/mol. The SMILES string of the molecule is Cc1cc(N(C)C)nc(NCCNC(=O)C2CCC(=O)N2)n1. The van der Waals surface area contributed by atoms with Crippen molar-refractivity contribution in [1.29, 1.82) is 0 Å². The Bertz CT molecular complexity index is 560. The van der Waals surface area contributed by atoms with Gasteiger partial charge in [0.25, 0.3) is 0 Å². The smallest absolute Gasteiger partial charge is 0.242 e. The monoisotopic (exact) mass is 306 g/mol. The van der Waals surface area contributed by atoms with Crippen LogP contribution in [0.4, 0.5) is 11.8 Å². The molecule has 1 fully saturated rings. The van der Waals surface area contributed by atoms with Crippen molar-refractivity contribution in [1.82, 2.24) is 20.6 Å². The zero-order valence-electron chi connectivity index (χ0n) is 13.1. The third-order valence-corrected chi connectivity index (χ3v) is 3.32. The van der Waals surface area contributed by atoms with Crippen molar-refractivity contribution in [3.05, 3.63) is 11.8 Å². The van der Waals surface area contributed by atoms with E-state index >= 15 is 0 Å². The highest BCUT2D eigenvalue weighted by Gasteiger charge is 2.26. The number of anilines is 2. The van der Waals surface area contributed by atoms with E-state index in [9.17, 15) is 9.59 Å². The molecule has 22 heavy (non-hydrogen) atoms. The molecule has 8 nitrogen and oxygen atoms in total. The van der Waals surface area contributed by atoms with Crippen molar-refractivity contribution in [2.24, 2.45) is 0 Å². The predicted octanol–water partition coefficient (Wildman–Crippen LogP) is -0.342. The molecule has 2 heterocycles. The lowest BCUT2D eigenvalue weighted by Crippen LogP contribution is -2.43. The van der Waals surface area contributed by atoms with E-state index in [0.717, 1.165) is 11.5 Å². The zero-order valence-corrected chi connectivity index (χ0v) is 13.1. The van der Waals surface area contributed by atoms with Crippen molar-refractivity contribution in [3.63, 3.8) is 0 Å². The van der Waals surface area contributed by atoms with Gasteiger partial charge in [-0.3, -0.25) is 9.59 Å². The van der Waals surface area contributed by atoms with Crippen LogP contribution < -0.4 is 20.9 Å². The van der Waals surface area contributed by atoms with Gasteiger partial charge in [0.1, 0.15) is 11.9 Å². The van der Waals surface area contributed by atoms with Crippen LogP contribution in [0, 0.1) is 6.92 Å². The minimum atomic E-state index is -0.400. The summed E-state index contributed by atoms with van der Waals surface area (Å²) in [5.41, 5.74) is 0.874. The quantitative estimate of drug-likeness (QED) is 0.622. The van der Waals surface area contributed by atoms with Crippen LogP contribution in [-0.4, -0.2) is 55.0 Å². The van der Waals surface area contributed by atoms with Crippen LogP contribution >= 0.6 is 0 Å². The molecule has 1 unspecified atom stereocenters. The second kappa shape index (κ2) is 7.06. The Morgan fingerprint density at radius 1 is 1.41 bits per heavy atom. The summed E-state index contributed by atoms with van der Waals surface area (Å²) in [5, 5.41) is 8.51. The molecule has 1 atom stereocenters. The molecule has 0 bridgehead atoms. The average molecular weight is 306 g/mol. The zero-order chi connectivity index (χ0) is 16.1. The first-order valence-electron chi connectivity index (χ1n) is 7.29. The van der Waals surface area contributed by atoms with Gasteiger partial charge in [0.05, 0.1) is 0 Å². The van der Waals surface area contributed by atoms with Gasteiger partial charge in [0.2, 0.25) is 17.8 Å². The maximum Gasteiger partial charge on any atom is 0.242 e. The van der Waals surface area contributed by atoms with Crippen molar-refractivity contribution in [2.75, 3.05) is 37.4 Å². The summed E-state index contributed by atoms with van der Waals surface area (Å²) in [4.78, 5) is 33.5. The van der Waals surface area contributed by atoms with E-state index in [-0.39, 0.29) is 11.8 Å². The lowest BCUT2D eigenvalue weighted by Gasteiger charge is -2.14. The van der Waals surface area contributed by atoms with E-state index in [4.69, 9.17) is 0 Å². The van der Waals surface area contributed by atoms with Gasteiger partial charge in [-0.05, 0) is 13.3 Å². The van der Waals surface area contributed by atoms with E-state index in [1.807, 2.05) is 32.0 Å². The molecule has 2 rings (SSSR count). The third kappa shape index (κ3) is 4.31. The molecule has 1 aromatic heterocycles. The Morgan fingerprint density at radius 2 is 2.18 bits per heavy atom. The molecule has 1 aliphatic rings. The lowest BCUT2D eigenvalue weighted by atomic mass is 10.2. The Labute approximate surface area is 129 Å². The van der Waals surface area contributed by atoms with Crippen molar-refractivity contribution in [2.45, 2.75) is 25.8 Å². The van der Waals surface area contributed by atoms with E-state index in [1.54, 1.807) is 0 Å². The molecule has 0 aromatic carbocycles. The molecular formula is C14H22N6O2. The topological polar surface area (TPSA) is 99.3 Å². The molecule has 2 amide bonds. The van der Waals surface area contributed by atoms with Gasteiger partial charge in [-0.1, -0.05) is 0 Å². The van der Waals surface area contributed by atoms with Gasteiger partial charge < -0.3 is 20.9 Å². The van der Waals surface area contributed by atoms with Gasteiger partial charge in [0.15, 0.2) is 0 Å². The molecule has 0 spiro atoms. The number of amides is 2. The molecule has 1 saturated heterocycles. The van der Waals surface area contributed by atoms with Gasteiger partial charge in [0, 0.05) is 45.4 Å². The maximum absolute atomic E-state index is 11.8. The van der Waals surface area contributed by atoms with Crippen molar-refractivity contribution < 1.29 is 9.59 Å². The molecule has 1 aromatic rings. The van der Waals surface area contributed by atoms with E-state index in [2.05, 4.69) is 25.9 Å². The minimum absolute atomic E-state index is 0.0670. The number of carbonyl (C=O) groups is 2. The summed E-state index contributed by atoms with van der Waals surface area (Å²) in [6.45, 7) is 2.87. The number of hydrogen-bond acceptors (Lipinski definition) is 6. The first kappa shape index (κ1) is 16.0. The maximum atomic E-state index is 11.8. The second-order valence-electron chi connectivity index (χ2n) is 5.46. The van der Waals surface area contributed by atoms with E-state index in [0.29, 0.717) is 31.9 Å². The van der Waals surface area contributed by atoms with Gasteiger partial charge in [-0.15, -0.1) is 0 Å². The fourth-order valence-corrected chi connectivity index (χ4v) is 2.15. The fraction of sp³-hybridized carbons (Fsp3) is 0.571. The molecule has 1 aliphatic heterocycles. The first-order chi connectivity index (χ1) is 10.5. The summed E-state index contributed by atoms with van der Waals surface area (Å²) >= 11 is 0. The standard InChI is InChI=1S/C14H22N6O2/c1-9-8-11(20(2)3)19-14(17-9)16-7-6-15-13(22)10-4-5-12(21)18-10/h8,10H,4-7H2,1-3H3,(H,15,22)(H,18,21)(H,16,17,19). The van der Waals surface area contributed by atoms with Crippen LogP contribution in [0.5, 0.6) is 0 Å². The summed E-state index contributed by atoms with van der Waals surface area (Å²) < 4.78 is 0. The van der Waals surface area contributed by atoms with Gasteiger partial charge in [-0.25, -0.2) is 4.98 Å². The number of aryl methyl sites for hydroxylation is 1. The van der Waals surface area contributed by atoms with Gasteiger partial charge in [-0.2, -0.15) is 4.98 Å². The van der Waals surface area contributed by atoms with E-state index < -0.39 is 6.04 Å². The minimum Gasteiger partial charge on any atom is -0.363 e. The number of aromatic nitrogens is 2. The molecule has 0 radical (unpaired) electrons. The van der Waals surface area contributed by atoms with E-state index in [1.165, 1.54) is 0 Å². The van der Waals surface area contributed by atoms with Crippen molar-refractivity contribution >= 4 is 23.6 Å². The largest absolute Gasteiger partial charge is 0.363 e. The Balaban J connectivity index is 1.77. The van der Waals surface area contributed by atoms with Crippen LogP contribution in [0.25, 0.3) is 0 Å². The van der Waals surface area contributed by atoms with Crippen molar-refractivity contribution in [3.8, 4) is 0 Å². The number of nitrogens with one attached hydrogen (secondary N) is 3. The second-order valence-corrected chi connectivity index (χ2v) is 5.46. The first-order valence-corrected chi connectivity index (χ1v) is 7.29. The molecule has 8 heteroatoms. The number of hydrogen-bond donors (Lipinski definition) is 3. The van der Waals surface area contributed by atoms with Crippen LogP contribution in [0.1, 0.15) is 18.5 Å². The number of carbonyl (C=O) groups excluding carboxylic acids is 2. The molecule has 0 saturated carbocycles. The molecule has 0 aliphatic carbocycles. The number of rotatable bonds is 6. The Kier molecular flexibility index (Phi) is 5.13. The molecule has 3 N–H and O–H groups in total. The van der Waals surface area contributed by atoms with Crippen LogP contribution in [0.2, 0.25) is 0 Å². The summed E-state index contributed by atoms with van der Waals surface area (Å²) in [7, 11) is 3.84. The molecular weight excluding hydrogens is 284 g/mol. The third-order valence-electron chi connectivity index (χ3n) is 3.32.